The SMILES string of the molecule is C=C1N=C(N)C(C)=CN1C1OC(COP(=O)(O)O)C(O)C1O.Nc1nc(=O)n(C2OC(COP(=O)(O)O)C(O)C2O)cc1I. The number of hydrogen-bond acceptors (Lipinski definition) is 16. The third kappa shape index (κ3) is 9.11. The minimum absolute atomic E-state index is 0.0104. The number of hydrogen-bond donors (Lipinski definition) is 10. The number of aliphatic hydroxyl groups is 4. The molecule has 0 spiro atoms. The summed E-state index contributed by atoms with van der Waals surface area (Å²) >= 11 is 1.82. The van der Waals surface area contributed by atoms with Gasteiger partial charge in [0, 0.05) is 18.0 Å². The zero-order valence-electron chi connectivity index (χ0n) is 22.5. The van der Waals surface area contributed by atoms with Crippen molar-refractivity contribution in [2.75, 3.05) is 18.9 Å². The first-order valence-corrected chi connectivity index (χ1v) is 16.3. The first kappa shape index (κ1) is 36.6. The Balaban J connectivity index is 0.000000240. The third-order valence-corrected chi connectivity index (χ3v) is 8.06. The van der Waals surface area contributed by atoms with Crippen LogP contribution >= 0.6 is 38.2 Å². The molecule has 4 heterocycles. The number of phosphoric ester groups is 2. The van der Waals surface area contributed by atoms with Gasteiger partial charge in [-0.25, -0.2) is 18.9 Å². The van der Waals surface area contributed by atoms with Crippen LogP contribution in [0.4, 0.5) is 5.82 Å². The molecular weight excluding hydrogens is 753 g/mol. The number of halogens is 1. The highest BCUT2D eigenvalue weighted by Crippen LogP contribution is 2.39. The van der Waals surface area contributed by atoms with Gasteiger partial charge in [-0.15, -0.1) is 0 Å². The molecule has 0 aliphatic carbocycles. The Labute approximate surface area is 261 Å². The van der Waals surface area contributed by atoms with Gasteiger partial charge in [0.05, 0.1) is 16.8 Å². The number of aliphatic imine (C=N–C) groups is 1. The summed E-state index contributed by atoms with van der Waals surface area (Å²) in [5, 5.41) is 39.8. The van der Waals surface area contributed by atoms with Crippen molar-refractivity contribution in [3.63, 3.8) is 0 Å². The number of aliphatic hydroxyl groups excluding tert-OH is 4. The van der Waals surface area contributed by atoms with E-state index in [-0.39, 0.29) is 17.5 Å². The molecule has 2 fully saturated rings. The molecule has 3 aliphatic heterocycles. The molecule has 0 bridgehead atoms. The molecule has 248 valence electrons. The molecule has 8 atom stereocenters. The Kier molecular flexibility index (Phi) is 11.9. The lowest BCUT2D eigenvalue weighted by molar-refractivity contribution is -0.0687. The standard InChI is InChI=1S/C11H18N3O7P.C9H13IN3O8P/c1-5-3-14(6(2)13-10(5)12)11-9(16)8(15)7(21-11)4-20-22(17,18)19;10-3-1-13(9(16)12-7(3)11)8-6(15)5(14)4(21-8)2-20-22(17,18)19/h3,7-9,11,15-16H,2,4H2,1H3,(H2,12,13)(H2,17,18,19);1,4-6,8,14-15H,2H2,(H2,11,12,16)(H2,17,18,19). The van der Waals surface area contributed by atoms with Crippen LogP contribution in [0.3, 0.4) is 0 Å². The number of phosphoric acid groups is 2. The fraction of sp³-hybridized carbons (Fsp3) is 0.550. The van der Waals surface area contributed by atoms with Crippen molar-refractivity contribution in [2.24, 2.45) is 10.7 Å². The van der Waals surface area contributed by atoms with Crippen molar-refractivity contribution in [2.45, 2.75) is 56.0 Å². The van der Waals surface area contributed by atoms with Gasteiger partial charge in [0.15, 0.2) is 12.5 Å². The lowest BCUT2D eigenvalue weighted by atomic mass is 10.1. The smallest absolute Gasteiger partial charge is 0.387 e. The van der Waals surface area contributed by atoms with Crippen LogP contribution < -0.4 is 17.2 Å². The number of anilines is 1. The predicted molar refractivity (Wildman–Crippen MR) is 155 cm³/mol. The topological polar surface area (TPSA) is 335 Å². The van der Waals surface area contributed by atoms with Gasteiger partial charge in [0.2, 0.25) is 0 Å². The van der Waals surface area contributed by atoms with Gasteiger partial charge in [-0.3, -0.25) is 13.6 Å². The number of nitrogen functional groups attached to an aromatic ring is 1. The first-order chi connectivity index (χ1) is 20.2. The number of ether oxygens (including phenoxy) is 2. The zero-order valence-corrected chi connectivity index (χ0v) is 26.5. The van der Waals surface area contributed by atoms with Gasteiger partial charge in [-0.2, -0.15) is 4.98 Å². The Morgan fingerprint density at radius 3 is 1.93 bits per heavy atom. The van der Waals surface area contributed by atoms with E-state index in [1.807, 2.05) is 22.6 Å². The van der Waals surface area contributed by atoms with Crippen molar-refractivity contribution in [1.82, 2.24) is 14.5 Å². The van der Waals surface area contributed by atoms with E-state index in [1.54, 1.807) is 13.1 Å². The van der Waals surface area contributed by atoms with E-state index in [2.05, 4.69) is 25.6 Å². The quantitative estimate of drug-likeness (QED) is 0.0914. The third-order valence-electron chi connectivity index (χ3n) is 6.26. The molecule has 3 aliphatic rings. The van der Waals surface area contributed by atoms with Gasteiger partial charge in [-0.05, 0) is 29.5 Å². The summed E-state index contributed by atoms with van der Waals surface area (Å²) in [5.41, 5.74) is 10.9. The van der Waals surface area contributed by atoms with Gasteiger partial charge in [-0.1, -0.05) is 6.58 Å². The van der Waals surface area contributed by atoms with Crippen LogP contribution in [0, 0.1) is 3.57 Å². The summed E-state index contributed by atoms with van der Waals surface area (Å²) in [6.07, 6.45) is -7.55. The molecule has 44 heavy (non-hydrogen) atoms. The maximum atomic E-state index is 11.8. The van der Waals surface area contributed by atoms with Crippen LogP contribution in [0.5, 0.6) is 0 Å². The van der Waals surface area contributed by atoms with Crippen molar-refractivity contribution >= 4 is 49.9 Å². The number of amidine groups is 1. The molecule has 12 N–H and O–H groups in total. The molecule has 0 radical (unpaired) electrons. The first-order valence-electron chi connectivity index (χ1n) is 12.2. The van der Waals surface area contributed by atoms with E-state index >= 15 is 0 Å². The van der Waals surface area contributed by atoms with Crippen molar-refractivity contribution < 1.29 is 67.7 Å². The number of rotatable bonds is 8. The number of aromatic nitrogens is 2. The molecule has 2 saturated heterocycles. The second-order valence-electron chi connectivity index (χ2n) is 9.46. The maximum absolute atomic E-state index is 11.8. The average molecular weight is 784 g/mol. The van der Waals surface area contributed by atoms with E-state index in [0.29, 0.717) is 9.14 Å². The summed E-state index contributed by atoms with van der Waals surface area (Å²) in [4.78, 5) is 55.3. The Morgan fingerprint density at radius 2 is 1.43 bits per heavy atom. The second kappa shape index (κ2) is 14.3. The molecule has 21 nitrogen and oxygen atoms in total. The predicted octanol–water partition coefficient (Wildman–Crippen LogP) is -3.25. The molecule has 8 unspecified atom stereocenters. The maximum Gasteiger partial charge on any atom is 0.469 e. The van der Waals surface area contributed by atoms with E-state index in [0.717, 1.165) is 4.57 Å². The Bertz CT molecular complexity index is 1450. The summed E-state index contributed by atoms with van der Waals surface area (Å²) in [7, 11) is -9.45. The van der Waals surface area contributed by atoms with Gasteiger partial charge in [0.25, 0.3) is 0 Å². The van der Waals surface area contributed by atoms with Gasteiger partial charge < -0.3 is 65.8 Å². The Morgan fingerprint density at radius 1 is 0.955 bits per heavy atom. The molecule has 24 heteroatoms. The van der Waals surface area contributed by atoms with Crippen LogP contribution in [-0.4, -0.2) is 116 Å². The molecule has 1 aromatic rings. The highest BCUT2D eigenvalue weighted by molar-refractivity contribution is 14.1. The Hall–Kier alpha value is -1.86. The summed E-state index contributed by atoms with van der Waals surface area (Å²) in [6.45, 7) is 4.14. The highest BCUT2D eigenvalue weighted by Gasteiger charge is 2.47. The molecule has 1 aromatic heterocycles. The lowest BCUT2D eigenvalue weighted by Gasteiger charge is -2.31. The van der Waals surface area contributed by atoms with E-state index < -0.39 is 83.6 Å². The molecule has 0 saturated carbocycles. The van der Waals surface area contributed by atoms with Crippen molar-refractivity contribution in [3.8, 4) is 0 Å². The van der Waals surface area contributed by atoms with Crippen LogP contribution in [0.2, 0.25) is 0 Å². The van der Waals surface area contributed by atoms with Gasteiger partial charge >= 0.3 is 21.3 Å². The van der Waals surface area contributed by atoms with E-state index in [4.69, 9.17) is 40.5 Å². The number of nitrogens with zero attached hydrogens (tertiary/aromatic N) is 4. The van der Waals surface area contributed by atoms with Crippen molar-refractivity contribution in [1.29, 1.82) is 0 Å². The van der Waals surface area contributed by atoms with Crippen LogP contribution in [0.25, 0.3) is 0 Å². The van der Waals surface area contributed by atoms with E-state index in [9.17, 15) is 34.4 Å². The normalized spacial score (nSPS) is 31.0. The van der Waals surface area contributed by atoms with Crippen LogP contribution in [0.15, 0.2) is 40.2 Å². The highest BCUT2D eigenvalue weighted by atomic mass is 127. The monoisotopic (exact) mass is 784 g/mol. The zero-order chi connectivity index (χ0) is 33.3. The number of nitrogens with two attached hydrogens (primary N) is 2. The lowest BCUT2D eigenvalue weighted by Crippen LogP contribution is -2.42. The van der Waals surface area contributed by atoms with Crippen LogP contribution in [0.1, 0.15) is 13.2 Å². The molecule has 0 amide bonds. The fourth-order valence-electron chi connectivity index (χ4n) is 4.03. The molecular formula is C20H31IN6O15P2. The molecule has 4 rings (SSSR count). The summed E-state index contributed by atoms with van der Waals surface area (Å²) < 4.78 is 41.9. The minimum Gasteiger partial charge on any atom is -0.387 e. The fourth-order valence-corrected chi connectivity index (χ4v) is 5.13. The van der Waals surface area contributed by atoms with Gasteiger partial charge in [0.1, 0.15) is 54.1 Å². The summed E-state index contributed by atoms with van der Waals surface area (Å²) in [5.74, 6) is 0.489. The molecule has 0 aromatic carbocycles. The van der Waals surface area contributed by atoms with Crippen molar-refractivity contribution in [3.05, 3.63) is 44.4 Å². The second-order valence-corrected chi connectivity index (χ2v) is 13.1. The van der Waals surface area contributed by atoms with E-state index in [1.165, 1.54) is 11.1 Å². The minimum atomic E-state index is -4.75. The summed E-state index contributed by atoms with van der Waals surface area (Å²) in [6, 6.07) is 0. The van der Waals surface area contributed by atoms with Crippen LogP contribution in [-0.2, 0) is 27.7 Å². The average Bonchev–Trinajstić information content (AvgIpc) is 3.35. The largest absolute Gasteiger partial charge is 0.469 e.